The van der Waals surface area contributed by atoms with E-state index in [9.17, 15) is 4.79 Å². The normalized spacial score (nSPS) is 10.5. The number of H-pyrrole nitrogens is 1. The van der Waals surface area contributed by atoms with Crippen molar-refractivity contribution in [2.75, 3.05) is 0 Å². The van der Waals surface area contributed by atoms with Crippen LogP contribution in [0.15, 0.2) is 18.3 Å². The van der Waals surface area contributed by atoms with Crippen LogP contribution in [0.1, 0.15) is 5.69 Å². The number of carbonyl (C=O) groups is 1. The number of hydrogen-bond donors (Lipinski definition) is 1. The maximum absolute atomic E-state index is 9.88. The molecular weight excluding hydrogens is 241 g/mol. The third-order valence-corrected chi connectivity index (χ3v) is 1.65. The molecule has 0 aliphatic rings. The summed E-state index contributed by atoms with van der Waals surface area (Å²) >= 11 is 2.20. The van der Waals surface area contributed by atoms with Crippen molar-refractivity contribution in [1.82, 2.24) is 4.98 Å². The fourth-order valence-electron chi connectivity index (χ4n) is 0.623. The van der Waals surface area contributed by atoms with Gasteiger partial charge in [0.15, 0.2) is 0 Å². The van der Waals surface area contributed by atoms with Crippen molar-refractivity contribution in [2.45, 2.75) is 0 Å². The number of rotatable bonds is 2. The van der Waals surface area contributed by atoms with Crippen LogP contribution in [0.25, 0.3) is 6.08 Å². The molecule has 1 N–H and O–H groups in total. The third-order valence-electron chi connectivity index (χ3n) is 1.02. The smallest absolute Gasteiger partial charge is 0.142 e. The summed E-state index contributed by atoms with van der Waals surface area (Å²) in [5.41, 5.74) is 0.955. The monoisotopic (exact) mass is 247 g/mol. The minimum absolute atomic E-state index is 0.758. The molecule has 0 aliphatic heterocycles. The Hall–Kier alpha value is -0.580. The zero-order chi connectivity index (χ0) is 7.40. The Kier molecular flexibility index (Phi) is 2.68. The third kappa shape index (κ3) is 1.98. The van der Waals surface area contributed by atoms with E-state index in [0.29, 0.717) is 0 Å². The average Bonchev–Trinajstić information content (AvgIpc) is 2.31. The van der Waals surface area contributed by atoms with Crippen molar-refractivity contribution < 1.29 is 4.79 Å². The fourth-order valence-corrected chi connectivity index (χ4v) is 1.11. The molecule has 0 aromatic carbocycles. The van der Waals surface area contributed by atoms with Gasteiger partial charge in [-0.25, -0.2) is 0 Å². The number of halogens is 1. The van der Waals surface area contributed by atoms with E-state index >= 15 is 0 Å². The number of carbonyl (C=O) groups excluding carboxylic acids is 1. The van der Waals surface area contributed by atoms with Crippen molar-refractivity contribution >= 4 is 35.0 Å². The quantitative estimate of drug-likeness (QED) is 0.482. The van der Waals surface area contributed by atoms with Gasteiger partial charge in [0.1, 0.15) is 6.29 Å². The molecule has 52 valence electrons. The van der Waals surface area contributed by atoms with Crippen LogP contribution in [0.4, 0.5) is 0 Å². The lowest BCUT2D eigenvalue weighted by molar-refractivity contribution is -0.104. The van der Waals surface area contributed by atoms with Gasteiger partial charge in [-0.3, -0.25) is 4.79 Å². The molecule has 0 radical (unpaired) electrons. The largest absolute Gasteiger partial charge is 0.361 e. The van der Waals surface area contributed by atoms with Gasteiger partial charge in [-0.1, -0.05) is 0 Å². The summed E-state index contributed by atoms with van der Waals surface area (Å²) in [6.07, 6.45) is 5.83. The average molecular weight is 247 g/mol. The standard InChI is InChI=1S/C7H6INO/c8-6-4-7(9-5-6)2-1-3-10/h1-5,9H. The lowest BCUT2D eigenvalue weighted by Crippen LogP contribution is -1.66. The number of aromatic amines is 1. The van der Waals surface area contributed by atoms with Gasteiger partial charge in [0.2, 0.25) is 0 Å². The van der Waals surface area contributed by atoms with E-state index in [1.54, 1.807) is 6.08 Å². The van der Waals surface area contributed by atoms with E-state index in [2.05, 4.69) is 27.6 Å². The van der Waals surface area contributed by atoms with Crippen LogP contribution < -0.4 is 0 Å². The Bertz CT molecular complexity index is 252. The Morgan fingerprint density at radius 2 is 2.40 bits per heavy atom. The van der Waals surface area contributed by atoms with Crippen molar-refractivity contribution in [1.29, 1.82) is 0 Å². The highest BCUT2D eigenvalue weighted by Crippen LogP contribution is 2.06. The van der Waals surface area contributed by atoms with E-state index in [1.807, 2.05) is 12.3 Å². The molecule has 1 rings (SSSR count). The SMILES string of the molecule is O=CC=Cc1cc(I)c[nH]1. The first-order valence-electron chi connectivity index (χ1n) is 2.78. The van der Waals surface area contributed by atoms with Crippen LogP contribution in [0.2, 0.25) is 0 Å². The maximum atomic E-state index is 9.88. The highest BCUT2D eigenvalue weighted by Gasteiger charge is 1.88. The maximum Gasteiger partial charge on any atom is 0.142 e. The summed E-state index contributed by atoms with van der Waals surface area (Å²) in [6, 6.07) is 1.96. The highest BCUT2D eigenvalue weighted by molar-refractivity contribution is 14.1. The molecule has 1 aromatic heterocycles. The molecule has 2 nitrogen and oxygen atoms in total. The van der Waals surface area contributed by atoms with Crippen LogP contribution in [0.3, 0.4) is 0 Å². The number of aromatic nitrogens is 1. The highest BCUT2D eigenvalue weighted by atomic mass is 127. The van der Waals surface area contributed by atoms with Crippen molar-refractivity contribution in [2.24, 2.45) is 0 Å². The van der Waals surface area contributed by atoms with Gasteiger partial charge in [-0.2, -0.15) is 0 Å². The van der Waals surface area contributed by atoms with E-state index in [0.717, 1.165) is 15.6 Å². The van der Waals surface area contributed by atoms with Gasteiger partial charge in [-0.05, 0) is 40.8 Å². The Morgan fingerprint density at radius 3 is 2.90 bits per heavy atom. The molecule has 1 aromatic rings. The molecular formula is C7H6INO. The molecule has 0 saturated heterocycles. The molecule has 3 heteroatoms. The van der Waals surface area contributed by atoms with E-state index < -0.39 is 0 Å². The lowest BCUT2D eigenvalue weighted by atomic mass is 10.4. The van der Waals surface area contributed by atoms with Crippen molar-refractivity contribution in [3.05, 3.63) is 27.6 Å². The lowest BCUT2D eigenvalue weighted by Gasteiger charge is -1.77. The fraction of sp³-hybridized carbons (Fsp3) is 0. The first kappa shape index (κ1) is 7.53. The molecule has 10 heavy (non-hydrogen) atoms. The van der Waals surface area contributed by atoms with Gasteiger partial charge in [0.05, 0.1) is 0 Å². The number of aldehydes is 1. The van der Waals surface area contributed by atoms with Crippen molar-refractivity contribution in [3.8, 4) is 0 Å². The minimum atomic E-state index is 0.758. The van der Waals surface area contributed by atoms with Gasteiger partial charge in [0, 0.05) is 15.5 Å². The van der Waals surface area contributed by atoms with Crippen LogP contribution in [0, 0.1) is 3.57 Å². The predicted molar refractivity (Wildman–Crippen MR) is 48.6 cm³/mol. The zero-order valence-corrected chi connectivity index (χ0v) is 7.33. The van der Waals surface area contributed by atoms with Gasteiger partial charge >= 0.3 is 0 Å². The number of hydrogen-bond acceptors (Lipinski definition) is 1. The van der Waals surface area contributed by atoms with Gasteiger partial charge in [-0.15, -0.1) is 0 Å². The Labute approximate surface area is 72.5 Å². The minimum Gasteiger partial charge on any atom is -0.361 e. The molecule has 0 spiro atoms. The van der Waals surface area contributed by atoms with E-state index in [1.165, 1.54) is 6.08 Å². The van der Waals surface area contributed by atoms with Crippen LogP contribution in [-0.2, 0) is 4.79 Å². The first-order chi connectivity index (χ1) is 4.83. The molecule has 0 bridgehead atoms. The summed E-state index contributed by atoms with van der Waals surface area (Å²) in [5, 5.41) is 0. The number of nitrogens with one attached hydrogen (secondary N) is 1. The first-order valence-corrected chi connectivity index (χ1v) is 3.86. The summed E-state index contributed by atoms with van der Waals surface area (Å²) in [7, 11) is 0. The molecule has 0 unspecified atom stereocenters. The molecule has 0 amide bonds. The second-order valence-electron chi connectivity index (χ2n) is 1.77. The van der Waals surface area contributed by atoms with Gasteiger partial charge < -0.3 is 4.98 Å². The molecule has 0 atom stereocenters. The van der Waals surface area contributed by atoms with E-state index in [4.69, 9.17) is 0 Å². The van der Waals surface area contributed by atoms with Crippen LogP contribution in [-0.4, -0.2) is 11.3 Å². The van der Waals surface area contributed by atoms with Crippen molar-refractivity contribution in [3.63, 3.8) is 0 Å². The zero-order valence-electron chi connectivity index (χ0n) is 5.17. The second kappa shape index (κ2) is 3.55. The summed E-state index contributed by atoms with van der Waals surface area (Å²) < 4.78 is 1.14. The predicted octanol–water partition coefficient (Wildman–Crippen LogP) is 1.83. The molecule has 0 fully saturated rings. The van der Waals surface area contributed by atoms with Gasteiger partial charge in [0.25, 0.3) is 0 Å². The van der Waals surface area contributed by atoms with Crippen LogP contribution in [0.5, 0.6) is 0 Å². The molecule has 0 aliphatic carbocycles. The second-order valence-corrected chi connectivity index (χ2v) is 3.01. The van der Waals surface area contributed by atoms with E-state index in [-0.39, 0.29) is 0 Å². The Morgan fingerprint density at radius 1 is 1.60 bits per heavy atom. The Balaban J connectivity index is 2.75. The summed E-state index contributed by atoms with van der Waals surface area (Å²) in [4.78, 5) is 12.9. The molecule has 0 saturated carbocycles. The summed E-state index contributed by atoms with van der Waals surface area (Å²) in [5.74, 6) is 0. The summed E-state index contributed by atoms with van der Waals surface area (Å²) in [6.45, 7) is 0. The number of allylic oxidation sites excluding steroid dienone is 1. The topological polar surface area (TPSA) is 32.9 Å². The molecule has 1 heterocycles. The van der Waals surface area contributed by atoms with Crippen LogP contribution >= 0.6 is 22.6 Å².